The van der Waals surface area contributed by atoms with E-state index >= 15 is 0 Å². The summed E-state index contributed by atoms with van der Waals surface area (Å²) in [4.78, 5) is 2.60. The normalized spacial score (nSPS) is 43.4. The largest absolute Gasteiger partial charge is 0.394 e. The quantitative estimate of drug-likeness (QED) is 0.758. The Bertz CT molecular complexity index is 219. The van der Waals surface area contributed by atoms with E-state index in [2.05, 4.69) is 18.7 Å². The van der Waals surface area contributed by atoms with Gasteiger partial charge in [0, 0.05) is 11.6 Å². The van der Waals surface area contributed by atoms with Crippen LogP contribution in [-0.4, -0.2) is 34.7 Å². The van der Waals surface area contributed by atoms with E-state index in [0.29, 0.717) is 12.6 Å². The zero-order valence-corrected chi connectivity index (χ0v) is 10.2. The van der Waals surface area contributed by atoms with Crippen molar-refractivity contribution in [2.24, 2.45) is 5.92 Å². The Morgan fingerprint density at radius 1 is 1.27 bits per heavy atom. The minimum Gasteiger partial charge on any atom is -0.394 e. The Kier molecular flexibility index (Phi) is 3.36. The third-order valence-electron chi connectivity index (χ3n) is 4.52. The maximum Gasteiger partial charge on any atom is 0.0615 e. The minimum atomic E-state index is 0.133. The van der Waals surface area contributed by atoms with Gasteiger partial charge in [-0.15, -0.1) is 0 Å². The zero-order chi connectivity index (χ0) is 10.9. The molecule has 0 spiro atoms. The highest BCUT2D eigenvalue weighted by Crippen LogP contribution is 2.40. The summed E-state index contributed by atoms with van der Waals surface area (Å²) in [5.74, 6) is 0.790. The second kappa shape index (κ2) is 4.42. The van der Waals surface area contributed by atoms with Crippen molar-refractivity contribution < 1.29 is 5.11 Å². The van der Waals surface area contributed by atoms with Crippen LogP contribution in [0.15, 0.2) is 0 Å². The van der Waals surface area contributed by atoms with Gasteiger partial charge in [-0.2, -0.15) is 0 Å². The second-order valence-electron chi connectivity index (χ2n) is 5.77. The van der Waals surface area contributed by atoms with E-state index < -0.39 is 0 Å². The summed E-state index contributed by atoms with van der Waals surface area (Å²) < 4.78 is 0. The predicted octanol–water partition coefficient (Wildman–Crippen LogP) is 2.41. The van der Waals surface area contributed by atoms with E-state index in [0.717, 1.165) is 5.92 Å². The van der Waals surface area contributed by atoms with E-state index in [-0.39, 0.29) is 5.54 Å². The topological polar surface area (TPSA) is 23.5 Å². The highest BCUT2D eigenvalue weighted by atomic mass is 16.3. The van der Waals surface area contributed by atoms with E-state index in [1.54, 1.807) is 0 Å². The average molecular weight is 211 g/mol. The van der Waals surface area contributed by atoms with Crippen molar-refractivity contribution in [3.8, 4) is 0 Å². The first-order chi connectivity index (χ1) is 7.18. The third kappa shape index (κ3) is 2.07. The fourth-order valence-electron chi connectivity index (χ4n) is 3.77. The number of hydrogen-bond acceptors (Lipinski definition) is 2. The van der Waals surface area contributed by atoms with Crippen LogP contribution in [0.2, 0.25) is 0 Å². The number of hydrogen-bond donors (Lipinski definition) is 1. The van der Waals surface area contributed by atoms with Crippen LogP contribution in [0.3, 0.4) is 0 Å². The van der Waals surface area contributed by atoms with Gasteiger partial charge in [-0.25, -0.2) is 0 Å². The molecule has 2 rings (SSSR count). The second-order valence-corrected chi connectivity index (χ2v) is 5.77. The number of nitrogens with zero attached hydrogens (tertiary/aromatic N) is 1. The van der Waals surface area contributed by atoms with Crippen molar-refractivity contribution in [2.45, 2.75) is 64.0 Å². The van der Waals surface area contributed by atoms with Gasteiger partial charge in [0.05, 0.1) is 6.61 Å². The van der Waals surface area contributed by atoms with Crippen molar-refractivity contribution in [1.29, 1.82) is 0 Å². The van der Waals surface area contributed by atoms with Crippen LogP contribution in [0.25, 0.3) is 0 Å². The monoisotopic (exact) mass is 211 g/mol. The fourth-order valence-corrected chi connectivity index (χ4v) is 3.77. The lowest BCUT2D eigenvalue weighted by atomic mass is 9.75. The fraction of sp³-hybridized carbons (Fsp3) is 1.00. The zero-order valence-electron chi connectivity index (χ0n) is 10.2. The van der Waals surface area contributed by atoms with E-state index in [4.69, 9.17) is 0 Å². The molecular formula is C13H25NO. The Labute approximate surface area is 93.7 Å². The Morgan fingerprint density at radius 3 is 2.60 bits per heavy atom. The SMILES string of the molecule is CC1CCCC(CO)(N2CCCC2C)C1. The maximum atomic E-state index is 9.80. The van der Waals surface area contributed by atoms with Gasteiger partial charge in [-0.1, -0.05) is 19.8 Å². The van der Waals surface area contributed by atoms with E-state index in [9.17, 15) is 5.11 Å². The Morgan fingerprint density at radius 2 is 2.07 bits per heavy atom. The molecule has 1 aliphatic carbocycles. The van der Waals surface area contributed by atoms with E-state index in [1.807, 2.05) is 0 Å². The van der Waals surface area contributed by atoms with Crippen LogP contribution in [0.5, 0.6) is 0 Å². The molecule has 2 nitrogen and oxygen atoms in total. The summed E-state index contributed by atoms with van der Waals surface area (Å²) >= 11 is 0. The Balaban J connectivity index is 2.12. The molecule has 0 aromatic heterocycles. The van der Waals surface area contributed by atoms with Gasteiger partial charge in [0.2, 0.25) is 0 Å². The van der Waals surface area contributed by atoms with Crippen LogP contribution in [0, 0.1) is 5.92 Å². The molecule has 0 aromatic carbocycles. The number of aliphatic hydroxyl groups excluding tert-OH is 1. The third-order valence-corrected chi connectivity index (χ3v) is 4.52. The molecule has 0 aromatic rings. The standard InChI is InChI=1S/C13H25NO/c1-11-5-3-7-13(9-11,10-15)14-8-4-6-12(14)2/h11-12,15H,3-10H2,1-2H3. The molecule has 15 heavy (non-hydrogen) atoms. The van der Waals surface area contributed by atoms with Crippen LogP contribution < -0.4 is 0 Å². The molecular weight excluding hydrogens is 186 g/mol. The Hall–Kier alpha value is -0.0800. The van der Waals surface area contributed by atoms with Crippen LogP contribution in [0.1, 0.15) is 52.4 Å². The molecule has 2 aliphatic rings. The molecule has 0 radical (unpaired) electrons. The molecule has 3 unspecified atom stereocenters. The molecule has 0 bridgehead atoms. The van der Waals surface area contributed by atoms with Crippen LogP contribution in [0.4, 0.5) is 0 Å². The average Bonchev–Trinajstić information content (AvgIpc) is 2.65. The van der Waals surface area contributed by atoms with Crippen molar-refractivity contribution in [3.63, 3.8) is 0 Å². The number of aliphatic hydroxyl groups is 1. The lowest BCUT2D eigenvalue weighted by Gasteiger charge is -2.47. The summed E-state index contributed by atoms with van der Waals surface area (Å²) in [5, 5.41) is 9.80. The summed E-state index contributed by atoms with van der Waals surface area (Å²) in [6, 6.07) is 0.683. The first-order valence-corrected chi connectivity index (χ1v) is 6.55. The predicted molar refractivity (Wildman–Crippen MR) is 62.9 cm³/mol. The number of likely N-dealkylation sites (tertiary alicyclic amines) is 1. The van der Waals surface area contributed by atoms with Gasteiger partial charge in [-0.05, 0) is 45.1 Å². The first-order valence-electron chi connectivity index (χ1n) is 6.55. The van der Waals surface area contributed by atoms with Gasteiger partial charge < -0.3 is 5.11 Å². The molecule has 1 saturated heterocycles. The lowest BCUT2D eigenvalue weighted by Crippen LogP contribution is -2.55. The van der Waals surface area contributed by atoms with Crippen molar-refractivity contribution in [1.82, 2.24) is 4.90 Å². The van der Waals surface area contributed by atoms with Gasteiger partial charge in [0.25, 0.3) is 0 Å². The first kappa shape index (κ1) is 11.4. The maximum absolute atomic E-state index is 9.80. The van der Waals surface area contributed by atoms with E-state index in [1.165, 1.54) is 45.1 Å². The van der Waals surface area contributed by atoms with Crippen molar-refractivity contribution in [3.05, 3.63) is 0 Å². The summed E-state index contributed by atoms with van der Waals surface area (Å²) in [7, 11) is 0. The summed E-state index contributed by atoms with van der Waals surface area (Å²) in [5.41, 5.74) is 0.133. The molecule has 1 saturated carbocycles. The molecule has 88 valence electrons. The van der Waals surface area contributed by atoms with Crippen molar-refractivity contribution >= 4 is 0 Å². The molecule has 1 heterocycles. The highest BCUT2D eigenvalue weighted by Gasteiger charge is 2.43. The summed E-state index contributed by atoms with van der Waals surface area (Å²) in [6.07, 6.45) is 7.69. The number of rotatable bonds is 2. The highest BCUT2D eigenvalue weighted by molar-refractivity contribution is 4.98. The smallest absolute Gasteiger partial charge is 0.0615 e. The van der Waals surface area contributed by atoms with Gasteiger partial charge in [-0.3, -0.25) is 4.90 Å². The van der Waals surface area contributed by atoms with Crippen LogP contribution in [-0.2, 0) is 0 Å². The lowest BCUT2D eigenvalue weighted by molar-refractivity contribution is -0.0171. The van der Waals surface area contributed by atoms with Crippen molar-refractivity contribution in [2.75, 3.05) is 13.2 Å². The molecule has 3 atom stereocenters. The molecule has 2 heteroatoms. The molecule has 1 N–H and O–H groups in total. The minimum absolute atomic E-state index is 0.133. The molecule has 0 amide bonds. The molecule has 1 aliphatic heterocycles. The van der Waals surface area contributed by atoms with Crippen LogP contribution >= 0.6 is 0 Å². The van der Waals surface area contributed by atoms with Gasteiger partial charge in [0.1, 0.15) is 0 Å². The van der Waals surface area contributed by atoms with Gasteiger partial charge in [0.15, 0.2) is 0 Å². The van der Waals surface area contributed by atoms with Gasteiger partial charge >= 0.3 is 0 Å². The summed E-state index contributed by atoms with van der Waals surface area (Å²) in [6.45, 7) is 6.23. The molecule has 2 fully saturated rings.